The standard InChI is InChI=1S/C18H27NO3S/c1-23(21,22)14-13-17(15-9-5-4-6-10-15)18(20)19-16-11-7-2-3-8-12-16/h4-6,9-10,16-17H,2-3,7-8,11-14H2,1H3,(H,19,20)/t17-/m0/s1. The van der Waals surface area contributed by atoms with E-state index in [1.807, 2.05) is 30.3 Å². The summed E-state index contributed by atoms with van der Waals surface area (Å²) in [7, 11) is -3.08. The summed E-state index contributed by atoms with van der Waals surface area (Å²) in [6, 6.07) is 9.72. The van der Waals surface area contributed by atoms with Gasteiger partial charge in [-0.05, 0) is 24.8 Å². The molecule has 4 nitrogen and oxygen atoms in total. The predicted molar refractivity (Wildman–Crippen MR) is 93.1 cm³/mol. The minimum Gasteiger partial charge on any atom is -0.353 e. The van der Waals surface area contributed by atoms with E-state index in [-0.39, 0.29) is 17.7 Å². The minimum atomic E-state index is -3.08. The highest BCUT2D eigenvalue weighted by Crippen LogP contribution is 2.23. The van der Waals surface area contributed by atoms with Crippen molar-refractivity contribution in [2.45, 2.75) is 56.9 Å². The molecule has 0 saturated heterocycles. The Bertz CT molecular complexity index is 590. The van der Waals surface area contributed by atoms with Gasteiger partial charge in [-0.1, -0.05) is 56.0 Å². The molecular weight excluding hydrogens is 310 g/mol. The van der Waals surface area contributed by atoms with E-state index >= 15 is 0 Å². The van der Waals surface area contributed by atoms with Gasteiger partial charge in [-0.2, -0.15) is 0 Å². The van der Waals surface area contributed by atoms with Gasteiger partial charge in [0.1, 0.15) is 9.84 Å². The number of benzene rings is 1. The molecule has 23 heavy (non-hydrogen) atoms. The smallest absolute Gasteiger partial charge is 0.227 e. The lowest BCUT2D eigenvalue weighted by atomic mass is 9.95. The number of amides is 1. The van der Waals surface area contributed by atoms with Crippen LogP contribution in [-0.4, -0.2) is 32.4 Å². The van der Waals surface area contributed by atoms with Crippen LogP contribution >= 0.6 is 0 Å². The monoisotopic (exact) mass is 337 g/mol. The average molecular weight is 337 g/mol. The topological polar surface area (TPSA) is 63.2 Å². The molecule has 0 spiro atoms. The quantitative estimate of drug-likeness (QED) is 0.812. The zero-order chi connectivity index (χ0) is 16.7. The van der Waals surface area contributed by atoms with Crippen molar-refractivity contribution in [2.24, 2.45) is 0 Å². The number of hydrogen-bond donors (Lipinski definition) is 1. The Kier molecular flexibility index (Phi) is 6.63. The normalized spacial score (nSPS) is 18.1. The molecule has 1 N–H and O–H groups in total. The van der Waals surface area contributed by atoms with Crippen molar-refractivity contribution in [2.75, 3.05) is 12.0 Å². The molecule has 0 aromatic heterocycles. The van der Waals surface area contributed by atoms with Crippen LogP contribution in [0.4, 0.5) is 0 Å². The zero-order valence-electron chi connectivity index (χ0n) is 13.8. The van der Waals surface area contributed by atoms with Gasteiger partial charge in [0.05, 0.1) is 11.7 Å². The predicted octanol–water partition coefficient (Wildman–Crippen LogP) is 3.04. The van der Waals surface area contributed by atoms with Crippen LogP contribution in [0, 0.1) is 0 Å². The molecule has 1 fully saturated rings. The highest BCUT2D eigenvalue weighted by atomic mass is 32.2. The van der Waals surface area contributed by atoms with Crippen LogP contribution in [0.5, 0.6) is 0 Å². The van der Waals surface area contributed by atoms with Gasteiger partial charge in [0, 0.05) is 12.3 Å². The van der Waals surface area contributed by atoms with E-state index in [1.54, 1.807) is 0 Å². The molecule has 1 aliphatic rings. The summed E-state index contributed by atoms with van der Waals surface area (Å²) in [5, 5.41) is 3.16. The number of carbonyl (C=O) groups is 1. The van der Waals surface area contributed by atoms with Crippen molar-refractivity contribution < 1.29 is 13.2 Å². The van der Waals surface area contributed by atoms with E-state index in [0.717, 1.165) is 31.2 Å². The fraction of sp³-hybridized carbons (Fsp3) is 0.611. The molecule has 1 amide bonds. The van der Waals surface area contributed by atoms with Crippen LogP contribution in [0.2, 0.25) is 0 Å². The Morgan fingerprint density at radius 2 is 1.74 bits per heavy atom. The van der Waals surface area contributed by atoms with Crippen LogP contribution < -0.4 is 5.32 Å². The summed E-state index contributed by atoms with van der Waals surface area (Å²) < 4.78 is 23.0. The molecule has 0 bridgehead atoms. The number of nitrogens with one attached hydrogen (secondary N) is 1. The maximum atomic E-state index is 12.7. The molecule has 1 aliphatic carbocycles. The van der Waals surface area contributed by atoms with Crippen molar-refractivity contribution in [3.8, 4) is 0 Å². The molecule has 1 saturated carbocycles. The first-order chi connectivity index (χ1) is 11.0. The van der Waals surface area contributed by atoms with Gasteiger partial charge >= 0.3 is 0 Å². The summed E-state index contributed by atoms with van der Waals surface area (Å²) in [4.78, 5) is 12.7. The molecular formula is C18H27NO3S. The molecule has 2 rings (SSSR count). The Hall–Kier alpha value is -1.36. The summed E-state index contributed by atoms with van der Waals surface area (Å²) in [6.45, 7) is 0. The lowest BCUT2D eigenvalue weighted by molar-refractivity contribution is -0.123. The van der Waals surface area contributed by atoms with Crippen molar-refractivity contribution in [3.05, 3.63) is 35.9 Å². The van der Waals surface area contributed by atoms with E-state index in [4.69, 9.17) is 0 Å². The molecule has 0 aliphatic heterocycles. The number of rotatable bonds is 6. The second-order valence-corrected chi connectivity index (χ2v) is 8.84. The first-order valence-electron chi connectivity index (χ1n) is 8.49. The van der Waals surface area contributed by atoms with Gasteiger partial charge in [0.2, 0.25) is 5.91 Å². The van der Waals surface area contributed by atoms with E-state index in [9.17, 15) is 13.2 Å². The summed E-state index contributed by atoms with van der Waals surface area (Å²) in [5.41, 5.74) is 0.891. The molecule has 1 atom stereocenters. The van der Waals surface area contributed by atoms with Crippen molar-refractivity contribution >= 4 is 15.7 Å². The lowest BCUT2D eigenvalue weighted by Gasteiger charge is -2.22. The second-order valence-electron chi connectivity index (χ2n) is 6.58. The average Bonchev–Trinajstić information content (AvgIpc) is 2.76. The third kappa shape index (κ3) is 6.34. The number of sulfone groups is 1. The van der Waals surface area contributed by atoms with Gasteiger partial charge in [-0.25, -0.2) is 8.42 Å². The van der Waals surface area contributed by atoms with Crippen LogP contribution in [0.3, 0.4) is 0 Å². The lowest BCUT2D eigenvalue weighted by Crippen LogP contribution is -2.38. The molecule has 5 heteroatoms. The molecule has 0 heterocycles. The minimum absolute atomic E-state index is 0.0324. The summed E-state index contributed by atoms with van der Waals surface area (Å²) >= 11 is 0. The van der Waals surface area contributed by atoms with Crippen molar-refractivity contribution in [1.29, 1.82) is 0 Å². The Labute approximate surface area is 139 Å². The SMILES string of the molecule is CS(=O)(=O)CC[C@H](C(=O)NC1CCCCCC1)c1ccccc1. The van der Waals surface area contributed by atoms with Crippen molar-refractivity contribution in [3.63, 3.8) is 0 Å². The van der Waals surface area contributed by atoms with Gasteiger partial charge in [-0.15, -0.1) is 0 Å². The fourth-order valence-electron chi connectivity index (χ4n) is 3.19. The van der Waals surface area contributed by atoms with Gasteiger partial charge in [0.25, 0.3) is 0 Å². The highest BCUT2D eigenvalue weighted by molar-refractivity contribution is 7.90. The summed E-state index contributed by atoms with van der Waals surface area (Å²) in [5.74, 6) is -0.397. The Balaban J connectivity index is 2.07. The third-order valence-electron chi connectivity index (χ3n) is 4.50. The first-order valence-corrected chi connectivity index (χ1v) is 10.5. The van der Waals surface area contributed by atoms with Gasteiger partial charge in [-0.3, -0.25) is 4.79 Å². The highest BCUT2D eigenvalue weighted by Gasteiger charge is 2.24. The van der Waals surface area contributed by atoms with Crippen LogP contribution in [-0.2, 0) is 14.6 Å². The van der Waals surface area contributed by atoms with Crippen LogP contribution in [0.15, 0.2) is 30.3 Å². The first kappa shape index (κ1) is 18.0. The molecule has 0 unspecified atom stereocenters. The molecule has 128 valence electrons. The van der Waals surface area contributed by atoms with Crippen LogP contribution in [0.25, 0.3) is 0 Å². The fourth-order valence-corrected chi connectivity index (χ4v) is 3.86. The van der Waals surface area contributed by atoms with E-state index in [2.05, 4.69) is 5.32 Å². The van der Waals surface area contributed by atoms with Crippen molar-refractivity contribution in [1.82, 2.24) is 5.32 Å². The van der Waals surface area contributed by atoms with E-state index < -0.39 is 15.8 Å². The van der Waals surface area contributed by atoms with Gasteiger partial charge < -0.3 is 5.32 Å². The number of hydrogen-bond acceptors (Lipinski definition) is 3. The van der Waals surface area contributed by atoms with E-state index in [0.29, 0.717) is 6.42 Å². The maximum Gasteiger partial charge on any atom is 0.227 e. The largest absolute Gasteiger partial charge is 0.353 e. The zero-order valence-corrected chi connectivity index (χ0v) is 14.6. The number of carbonyl (C=O) groups excluding carboxylic acids is 1. The summed E-state index contributed by atoms with van der Waals surface area (Å²) in [6.07, 6.45) is 8.40. The second kappa shape index (κ2) is 8.48. The Morgan fingerprint density at radius 3 is 2.30 bits per heavy atom. The van der Waals surface area contributed by atoms with Gasteiger partial charge in [0.15, 0.2) is 0 Å². The maximum absolute atomic E-state index is 12.7. The molecule has 1 aromatic carbocycles. The molecule has 0 radical (unpaired) electrons. The van der Waals surface area contributed by atoms with E-state index in [1.165, 1.54) is 19.1 Å². The van der Waals surface area contributed by atoms with Crippen LogP contribution in [0.1, 0.15) is 56.4 Å². The molecule has 1 aromatic rings. The Morgan fingerprint density at radius 1 is 1.13 bits per heavy atom. The third-order valence-corrected chi connectivity index (χ3v) is 5.47.